The molecule has 0 bridgehead atoms. The van der Waals surface area contributed by atoms with Crippen LogP contribution >= 0.6 is 15.9 Å². The van der Waals surface area contributed by atoms with Crippen molar-refractivity contribution in [1.29, 1.82) is 0 Å². The summed E-state index contributed by atoms with van der Waals surface area (Å²) in [6.07, 6.45) is 2.45. The first-order chi connectivity index (χ1) is 8.00. The fraction of sp³-hybridized carbons (Fsp3) is 0.167. The Morgan fingerprint density at radius 3 is 2.65 bits per heavy atom. The van der Waals surface area contributed by atoms with E-state index in [1.807, 2.05) is 0 Å². The number of ketones is 1. The van der Waals surface area contributed by atoms with E-state index in [0.29, 0.717) is 10.0 Å². The second kappa shape index (κ2) is 4.41. The Morgan fingerprint density at radius 2 is 2.00 bits per heavy atom. The van der Waals surface area contributed by atoms with Crippen LogP contribution in [0.4, 0.5) is 4.39 Å². The normalized spacial score (nSPS) is 19.9. The molecule has 1 unspecified atom stereocenters. The van der Waals surface area contributed by atoms with Gasteiger partial charge in [0.05, 0.1) is 4.47 Å². The van der Waals surface area contributed by atoms with Gasteiger partial charge < -0.3 is 4.90 Å². The van der Waals surface area contributed by atoms with Crippen molar-refractivity contribution in [3.05, 3.63) is 46.2 Å². The molecule has 0 saturated heterocycles. The monoisotopic (exact) mass is 297 g/mol. The van der Waals surface area contributed by atoms with Crippen molar-refractivity contribution in [1.82, 2.24) is 4.90 Å². The Kier molecular flexibility index (Phi) is 3.11. The van der Waals surface area contributed by atoms with E-state index in [9.17, 15) is 14.0 Å². The summed E-state index contributed by atoms with van der Waals surface area (Å²) in [5, 5.41) is 0. The van der Waals surface area contributed by atoms with Crippen molar-refractivity contribution in [2.45, 2.75) is 6.04 Å². The standard InChI is InChI=1S/C12H9BrFNO2/c1-15-11(17)5-4-10(16)12(15)7-2-3-8(13)9(14)6-7/h2-6,12H,1H3. The lowest BCUT2D eigenvalue weighted by Crippen LogP contribution is -2.37. The largest absolute Gasteiger partial charge is 0.328 e. The topological polar surface area (TPSA) is 37.4 Å². The van der Waals surface area contributed by atoms with E-state index >= 15 is 0 Å². The van der Waals surface area contributed by atoms with E-state index in [-0.39, 0.29) is 11.7 Å². The van der Waals surface area contributed by atoms with Crippen molar-refractivity contribution < 1.29 is 14.0 Å². The molecule has 0 fully saturated rings. The maximum atomic E-state index is 13.4. The maximum Gasteiger partial charge on any atom is 0.247 e. The van der Waals surface area contributed by atoms with Crippen molar-refractivity contribution in [3.8, 4) is 0 Å². The average molecular weight is 298 g/mol. The molecule has 0 N–H and O–H groups in total. The van der Waals surface area contributed by atoms with Crippen LogP contribution in [-0.4, -0.2) is 23.6 Å². The third-order valence-corrected chi connectivity index (χ3v) is 3.30. The molecule has 1 atom stereocenters. The molecule has 0 aromatic heterocycles. The summed E-state index contributed by atoms with van der Waals surface area (Å²) in [6.45, 7) is 0. The Labute approximate surface area is 106 Å². The van der Waals surface area contributed by atoms with Crippen LogP contribution in [0.2, 0.25) is 0 Å². The van der Waals surface area contributed by atoms with Crippen LogP contribution in [0.25, 0.3) is 0 Å². The quantitative estimate of drug-likeness (QED) is 0.797. The Hall–Kier alpha value is -1.49. The third-order valence-electron chi connectivity index (χ3n) is 2.65. The number of hydrogen-bond donors (Lipinski definition) is 0. The molecule has 2 rings (SSSR count). The second-order valence-electron chi connectivity index (χ2n) is 3.76. The lowest BCUT2D eigenvalue weighted by atomic mass is 9.98. The van der Waals surface area contributed by atoms with Gasteiger partial charge in [0.15, 0.2) is 5.78 Å². The van der Waals surface area contributed by atoms with Crippen LogP contribution in [0.3, 0.4) is 0 Å². The molecule has 3 nitrogen and oxygen atoms in total. The van der Waals surface area contributed by atoms with Crippen molar-refractivity contribution in [2.24, 2.45) is 0 Å². The molecule has 1 aliphatic rings. The van der Waals surface area contributed by atoms with E-state index in [4.69, 9.17) is 0 Å². The summed E-state index contributed by atoms with van der Waals surface area (Å²) < 4.78 is 13.7. The molecule has 1 aromatic rings. The zero-order valence-electron chi connectivity index (χ0n) is 8.98. The molecule has 1 heterocycles. The Bertz CT molecular complexity index is 527. The van der Waals surface area contributed by atoms with Gasteiger partial charge in [0.2, 0.25) is 5.91 Å². The number of nitrogens with zero attached hydrogens (tertiary/aromatic N) is 1. The first-order valence-electron chi connectivity index (χ1n) is 4.94. The number of amides is 1. The Morgan fingerprint density at radius 1 is 1.29 bits per heavy atom. The number of carbonyl (C=O) groups is 2. The molecule has 17 heavy (non-hydrogen) atoms. The number of likely N-dealkylation sites (N-methyl/N-ethyl adjacent to an activating group) is 1. The highest BCUT2D eigenvalue weighted by Crippen LogP contribution is 2.27. The number of benzene rings is 1. The van der Waals surface area contributed by atoms with Gasteiger partial charge in [0.1, 0.15) is 11.9 Å². The first-order valence-corrected chi connectivity index (χ1v) is 5.73. The molecule has 0 aliphatic carbocycles. The maximum absolute atomic E-state index is 13.4. The van der Waals surface area contributed by atoms with Crippen molar-refractivity contribution in [2.75, 3.05) is 7.05 Å². The smallest absolute Gasteiger partial charge is 0.247 e. The van der Waals surface area contributed by atoms with Crippen LogP contribution in [0.1, 0.15) is 11.6 Å². The van der Waals surface area contributed by atoms with Gasteiger partial charge in [-0.2, -0.15) is 0 Å². The van der Waals surface area contributed by atoms with E-state index in [2.05, 4.69) is 15.9 Å². The highest BCUT2D eigenvalue weighted by atomic mass is 79.9. The second-order valence-corrected chi connectivity index (χ2v) is 4.62. The van der Waals surface area contributed by atoms with Crippen LogP contribution in [-0.2, 0) is 9.59 Å². The number of carbonyl (C=O) groups excluding carboxylic acids is 2. The van der Waals surface area contributed by atoms with Crippen LogP contribution in [0, 0.1) is 5.82 Å². The van der Waals surface area contributed by atoms with Gasteiger partial charge in [-0.3, -0.25) is 9.59 Å². The summed E-state index contributed by atoms with van der Waals surface area (Å²) in [7, 11) is 1.52. The molecule has 5 heteroatoms. The van der Waals surface area contributed by atoms with Gasteiger partial charge in [-0.25, -0.2) is 4.39 Å². The third kappa shape index (κ3) is 2.15. The minimum atomic E-state index is -0.741. The van der Waals surface area contributed by atoms with Gasteiger partial charge in [-0.1, -0.05) is 6.07 Å². The molecule has 0 spiro atoms. The van der Waals surface area contributed by atoms with Crippen LogP contribution in [0.5, 0.6) is 0 Å². The molecule has 0 saturated carbocycles. The molecule has 1 aromatic carbocycles. The SMILES string of the molecule is CN1C(=O)C=CC(=O)C1c1ccc(Br)c(F)c1. The summed E-state index contributed by atoms with van der Waals surface area (Å²) in [6, 6.07) is 3.66. The average Bonchev–Trinajstić information content (AvgIpc) is 2.29. The molecule has 88 valence electrons. The lowest BCUT2D eigenvalue weighted by Gasteiger charge is -2.28. The predicted octanol–water partition coefficient (Wildman–Crippen LogP) is 2.23. The molecule has 1 amide bonds. The predicted molar refractivity (Wildman–Crippen MR) is 63.8 cm³/mol. The van der Waals surface area contributed by atoms with Crippen molar-refractivity contribution >= 4 is 27.6 Å². The zero-order valence-corrected chi connectivity index (χ0v) is 10.6. The fourth-order valence-corrected chi connectivity index (χ4v) is 2.00. The number of rotatable bonds is 1. The van der Waals surface area contributed by atoms with E-state index in [0.717, 1.165) is 0 Å². The van der Waals surface area contributed by atoms with Crippen LogP contribution in [0.15, 0.2) is 34.8 Å². The van der Waals surface area contributed by atoms with Crippen LogP contribution < -0.4 is 0 Å². The minimum absolute atomic E-state index is 0.228. The number of halogens is 2. The van der Waals surface area contributed by atoms with Crippen molar-refractivity contribution in [3.63, 3.8) is 0 Å². The first kappa shape index (κ1) is 12.0. The summed E-state index contributed by atoms with van der Waals surface area (Å²) >= 11 is 3.04. The molecule has 1 aliphatic heterocycles. The zero-order chi connectivity index (χ0) is 12.6. The molecular weight excluding hydrogens is 289 g/mol. The van der Waals surface area contributed by atoms with Gasteiger partial charge >= 0.3 is 0 Å². The highest BCUT2D eigenvalue weighted by Gasteiger charge is 2.29. The minimum Gasteiger partial charge on any atom is -0.328 e. The summed E-state index contributed by atoms with van der Waals surface area (Å²) in [5.41, 5.74) is 0.468. The van der Waals surface area contributed by atoms with Gasteiger partial charge in [-0.05, 0) is 39.7 Å². The highest BCUT2D eigenvalue weighted by molar-refractivity contribution is 9.10. The van der Waals surface area contributed by atoms with E-state index in [1.165, 1.54) is 36.2 Å². The van der Waals surface area contributed by atoms with Gasteiger partial charge in [0, 0.05) is 13.1 Å². The van der Waals surface area contributed by atoms with E-state index in [1.54, 1.807) is 6.07 Å². The van der Waals surface area contributed by atoms with Gasteiger partial charge in [-0.15, -0.1) is 0 Å². The van der Waals surface area contributed by atoms with E-state index < -0.39 is 11.9 Å². The number of hydrogen-bond acceptors (Lipinski definition) is 2. The molecular formula is C12H9BrFNO2. The fourth-order valence-electron chi connectivity index (χ4n) is 1.75. The lowest BCUT2D eigenvalue weighted by molar-refractivity contribution is -0.134. The Balaban J connectivity index is 2.45. The summed E-state index contributed by atoms with van der Waals surface area (Å²) in [4.78, 5) is 24.5. The molecule has 0 radical (unpaired) electrons. The van der Waals surface area contributed by atoms with Gasteiger partial charge in [0.25, 0.3) is 0 Å². The summed E-state index contributed by atoms with van der Waals surface area (Å²) in [5.74, 6) is -0.947.